The Kier molecular flexibility index (Phi) is 4.45. The van der Waals surface area contributed by atoms with Gasteiger partial charge in [0, 0.05) is 12.5 Å². The van der Waals surface area contributed by atoms with Crippen LogP contribution in [0.15, 0.2) is 18.2 Å². The van der Waals surface area contributed by atoms with Crippen molar-refractivity contribution in [3.05, 3.63) is 35.4 Å². The highest BCUT2D eigenvalue weighted by molar-refractivity contribution is 5.20. The van der Waals surface area contributed by atoms with E-state index in [-0.39, 0.29) is 12.8 Å². The van der Waals surface area contributed by atoms with Crippen LogP contribution in [0.25, 0.3) is 0 Å². The second-order valence-corrected chi connectivity index (χ2v) is 3.79. The normalized spacial score (nSPS) is 13.8. The van der Waals surface area contributed by atoms with Crippen LogP contribution >= 0.6 is 0 Å². The van der Waals surface area contributed by atoms with E-state index in [1.54, 1.807) is 0 Å². The lowest BCUT2D eigenvalue weighted by molar-refractivity contribution is -0.135. The highest BCUT2D eigenvalue weighted by Crippen LogP contribution is 2.25. The van der Waals surface area contributed by atoms with Crippen molar-refractivity contribution >= 4 is 0 Å². The van der Waals surface area contributed by atoms with Crippen molar-refractivity contribution in [3.8, 4) is 0 Å². The van der Waals surface area contributed by atoms with Crippen LogP contribution < -0.4 is 5.73 Å². The molecule has 0 bridgehead atoms. The smallest absolute Gasteiger partial charge is 0.324 e. The summed E-state index contributed by atoms with van der Waals surface area (Å²) in [7, 11) is 0. The van der Waals surface area contributed by atoms with Crippen LogP contribution in [-0.4, -0.2) is 6.18 Å². The van der Waals surface area contributed by atoms with Crippen molar-refractivity contribution < 1.29 is 22.0 Å². The molecular weight excluding hydrogens is 241 g/mol. The monoisotopic (exact) mass is 253 g/mol. The van der Waals surface area contributed by atoms with Gasteiger partial charge in [-0.15, -0.1) is 0 Å². The fourth-order valence-electron chi connectivity index (χ4n) is 1.43. The standard InChI is InChI=1S/C11H12F5N/c12-8-4-3-7(6-9(8)13)10(17)2-1-5-11(14,15)16/h3-4,6,10H,1-2,5,17H2. The van der Waals surface area contributed by atoms with Gasteiger partial charge in [-0.05, 0) is 30.5 Å². The van der Waals surface area contributed by atoms with Gasteiger partial charge in [-0.2, -0.15) is 13.2 Å². The van der Waals surface area contributed by atoms with Crippen molar-refractivity contribution in [2.24, 2.45) is 5.73 Å². The average molecular weight is 253 g/mol. The first-order valence-electron chi connectivity index (χ1n) is 5.07. The second kappa shape index (κ2) is 5.44. The van der Waals surface area contributed by atoms with Crippen LogP contribution in [0, 0.1) is 11.6 Å². The van der Waals surface area contributed by atoms with E-state index in [1.807, 2.05) is 0 Å². The summed E-state index contributed by atoms with van der Waals surface area (Å²) in [5.41, 5.74) is 5.88. The first kappa shape index (κ1) is 13.9. The molecular formula is C11H12F5N. The summed E-state index contributed by atoms with van der Waals surface area (Å²) in [6.45, 7) is 0. The zero-order chi connectivity index (χ0) is 13.1. The van der Waals surface area contributed by atoms with E-state index in [0.29, 0.717) is 5.56 Å². The molecule has 0 saturated carbocycles. The zero-order valence-electron chi connectivity index (χ0n) is 8.90. The van der Waals surface area contributed by atoms with Gasteiger partial charge in [0.15, 0.2) is 11.6 Å². The maximum absolute atomic E-state index is 12.8. The predicted molar refractivity (Wildman–Crippen MR) is 53.2 cm³/mol. The topological polar surface area (TPSA) is 26.0 Å². The molecule has 0 radical (unpaired) electrons. The number of hydrogen-bond acceptors (Lipinski definition) is 1. The number of alkyl halides is 3. The highest BCUT2D eigenvalue weighted by Gasteiger charge is 2.26. The van der Waals surface area contributed by atoms with E-state index < -0.39 is 30.3 Å². The van der Waals surface area contributed by atoms with Crippen molar-refractivity contribution in [2.45, 2.75) is 31.5 Å². The van der Waals surface area contributed by atoms with Gasteiger partial charge in [0.25, 0.3) is 0 Å². The lowest BCUT2D eigenvalue weighted by Gasteiger charge is -2.13. The van der Waals surface area contributed by atoms with Crippen LogP contribution in [0.5, 0.6) is 0 Å². The molecule has 0 saturated heterocycles. The third-order valence-electron chi connectivity index (χ3n) is 2.35. The highest BCUT2D eigenvalue weighted by atomic mass is 19.4. The number of nitrogens with two attached hydrogens (primary N) is 1. The second-order valence-electron chi connectivity index (χ2n) is 3.79. The molecule has 0 heterocycles. The van der Waals surface area contributed by atoms with Gasteiger partial charge < -0.3 is 5.73 Å². The molecule has 0 aliphatic heterocycles. The third-order valence-corrected chi connectivity index (χ3v) is 2.35. The van der Waals surface area contributed by atoms with Gasteiger partial charge in [0.05, 0.1) is 0 Å². The number of rotatable bonds is 4. The molecule has 1 rings (SSSR count). The third kappa shape index (κ3) is 4.68. The lowest BCUT2D eigenvalue weighted by atomic mass is 10.0. The Hall–Kier alpha value is -1.17. The van der Waals surface area contributed by atoms with Gasteiger partial charge in [0.2, 0.25) is 0 Å². The Balaban J connectivity index is 2.52. The largest absolute Gasteiger partial charge is 0.389 e. The summed E-state index contributed by atoms with van der Waals surface area (Å²) in [6.07, 6.45) is -5.20. The Morgan fingerprint density at radius 3 is 2.29 bits per heavy atom. The van der Waals surface area contributed by atoms with E-state index in [1.165, 1.54) is 6.07 Å². The molecule has 1 nitrogen and oxygen atoms in total. The summed E-state index contributed by atoms with van der Waals surface area (Å²) in [6, 6.07) is 2.38. The molecule has 1 atom stereocenters. The minimum absolute atomic E-state index is 0.0740. The van der Waals surface area contributed by atoms with E-state index in [4.69, 9.17) is 5.73 Å². The first-order valence-corrected chi connectivity index (χ1v) is 5.07. The molecule has 1 aromatic rings. The van der Waals surface area contributed by atoms with Gasteiger partial charge in [-0.25, -0.2) is 8.78 Å². The number of halogens is 5. The molecule has 17 heavy (non-hydrogen) atoms. The lowest BCUT2D eigenvalue weighted by Crippen LogP contribution is -2.13. The van der Waals surface area contributed by atoms with Crippen LogP contribution in [0.4, 0.5) is 22.0 Å². The Morgan fingerprint density at radius 2 is 1.76 bits per heavy atom. The van der Waals surface area contributed by atoms with Crippen LogP contribution in [0.3, 0.4) is 0 Å². The SMILES string of the molecule is NC(CCCC(F)(F)F)c1ccc(F)c(F)c1. The molecule has 0 fully saturated rings. The van der Waals surface area contributed by atoms with Gasteiger partial charge >= 0.3 is 6.18 Å². The molecule has 0 spiro atoms. The molecule has 0 amide bonds. The molecule has 1 aromatic carbocycles. The first-order chi connectivity index (χ1) is 7.79. The van der Waals surface area contributed by atoms with E-state index >= 15 is 0 Å². The molecule has 96 valence electrons. The van der Waals surface area contributed by atoms with Crippen LogP contribution in [0.2, 0.25) is 0 Å². The minimum Gasteiger partial charge on any atom is -0.324 e. The zero-order valence-corrected chi connectivity index (χ0v) is 8.90. The summed E-state index contributed by atoms with van der Waals surface area (Å²) in [5.74, 6) is -2.05. The van der Waals surface area contributed by atoms with E-state index in [2.05, 4.69) is 0 Å². The quantitative estimate of drug-likeness (QED) is 0.813. The number of hydrogen-bond donors (Lipinski definition) is 1. The van der Waals surface area contributed by atoms with E-state index in [9.17, 15) is 22.0 Å². The van der Waals surface area contributed by atoms with Crippen molar-refractivity contribution in [3.63, 3.8) is 0 Å². The maximum atomic E-state index is 12.8. The van der Waals surface area contributed by atoms with Gasteiger partial charge in [-0.1, -0.05) is 6.07 Å². The van der Waals surface area contributed by atoms with Crippen molar-refractivity contribution in [2.75, 3.05) is 0 Å². The van der Waals surface area contributed by atoms with E-state index in [0.717, 1.165) is 12.1 Å². The Labute approximate surface area is 95.4 Å². The van der Waals surface area contributed by atoms with Crippen LogP contribution in [-0.2, 0) is 0 Å². The molecule has 0 aromatic heterocycles. The summed E-state index contributed by atoms with van der Waals surface area (Å²) in [5, 5.41) is 0. The van der Waals surface area contributed by atoms with Gasteiger partial charge in [0.1, 0.15) is 0 Å². The number of benzene rings is 1. The Morgan fingerprint density at radius 1 is 1.12 bits per heavy atom. The van der Waals surface area contributed by atoms with Gasteiger partial charge in [-0.3, -0.25) is 0 Å². The minimum atomic E-state index is -4.21. The maximum Gasteiger partial charge on any atom is 0.389 e. The summed E-state index contributed by atoms with van der Waals surface area (Å²) in [4.78, 5) is 0. The predicted octanol–water partition coefficient (Wildman–Crippen LogP) is 3.70. The molecule has 1 unspecified atom stereocenters. The molecule has 0 aliphatic carbocycles. The average Bonchev–Trinajstić information content (AvgIpc) is 2.20. The van der Waals surface area contributed by atoms with Crippen molar-refractivity contribution in [1.82, 2.24) is 0 Å². The molecule has 0 aliphatic rings. The summed E-state index contributed by atoms with van der Waals surface area (Å²) < 4.78 is 61.1. The molecule has 6 heteroatoms. The van der Waals surface area contributed by atoms with Crippen molar-refractivity contribution in [1.29, 1.82) is 0 Å². The Bertz CT molecular complexity index is 375. The van der Waals surface area contributed by atoms with Crippen LogP contribution in [0.1, 0.15) is 30.9 Å². The fourth-order valence-corrected chi connectivity index (χ4v) is 1.43. The molecule has 2 N–H and O–H groups in total. The summed E-state index contributed by atoms with van der Waals surface area (Å²) >= 11 is 0. The fraction of sp³-hybridized carbons (Fsp3) is 0.455.